The van der Waals surface area contributed by atoms with Crippen LogP contribution in [0.5, 0.6) is 11.6 Å². The third kappa shape index (κ3) is 4.41. The van der Waals surface area contributed by atoms with E-state index in [1.54, 1.807) is 6.92 Å². The van der Waals surface area contributed by atoms with Crippen LogP contribution in [-0.4, -0.2) is 68.1 Å². The van der Waals surface area contributed by atoms with Crippen LogP contribution in [0.4, 0.5) is 14.6 Å². The number of nitrogens with zero attached hydrogens (tertiary/aromatic N) is 5. The number of ketones is 1. The van der Waals surface area contributed by atoms with Crippen molar-refractivity contribution >= 4 is 22.5 Å². The van der Waals surface area contributed by atoms with E-state index in [4.69, 9.17) is 10.5 Å². The molecule has 214 valence electrons. The minimum atomic E-state index is -0.834. The molecule has 0 bridgehead atoms. The van der Waals surface area contributed by atoms with Crippen LogP contribution in [0.3, 0.4) is 0 Å². The van der Waals surface area contributed by atoms with E-state index in [0.29, 0.717) is 23.0 Å². The zero-order valence-electron chi connectivity index (χ0n) is 23.2. The second-order valence-corrected chi connectivity index (χ2v) is 11.1. The summed E-state index contributed by atoms with van der Waals surface area (Å²) in [4.78, 5) is 25.9. The second-order valence-electron chi connectivity index (χ2n) is 11.1. The van der Waals surface area contributed by atoms with Gasteiger partial charge >= 0.3 is 0 Å². The van der Waals surface area contributed by atoms with E-state index in [1.165, 1.54) is 40.3 Å². The topological polar surface area (TPSA) is 105 Å². The summed E-state index contributed by atoms with van der Waals surface area (Å²) in [5, 5.41) is 5.41. The van der Waals surface area contributed by atoms with Crippen molar-refractivity contribution in [2.75, 3.05) is 32.4 Å². The fourth-order valence-electron chi connectivity index (χ4n) is 5.99. The van der Waals surface area contributed by atoms with Gasteiger partial charge in [0.2, 0.25) is 17.4 Å². The maximum atomic E-state index is 14.0. The Morgan fingerprint density at radius 2 is 1.90 bits per heavy atom. The molecule has 1 saturated heterocycles. The quantitative estimate of drug-likeness (QED) is 0.288. The molecule has 42 heavy (non-hydrogen) atoms. The molecular formula is C31H29F2N7O2. The van der Waals surface area contributed by atoms with Gasteiger partial charge in [0.1, 0.15) is 5.82 Å². The molecule has 2 aliphatic heterocycles. The van der Waals surface area contributed by atoms with E-state index in [2.05, 4.69) is 38.0 Å². The highest BCUT2D eigenvalue weighted by Gasteiger charge is 2.32. The first kappa shape index (κ1) is 26.3. The van der Waals surface area contributed by atoms with E-state index in [9.17, 15) is 13.6 Å². The first-order valence-corrected chi connectivity index (χ1v) is 13.8. The number of carbonyl (C=O) groups excluding carboxylic acids is 1. The van der Waals surface area contributed by atoms with Gasteiger partial charge in [-0.25, -0.2) is 18.4 Å². The number of pyridine rings is 1. The average Bonchev–Trinajstić information content (AvgIpc) is 3.57. The molecule has 7 rings (SSSR count). The standard InChI is InChI=1S/C31H29F2N7O2/c1-17-10-28(42-30-23(32)4-3-5-24(30)33)35-13-27(17)40-31(34)22(12-36-40)29(41)26-11-21-20-8-9-39(19-15-38(2)16-19)14-18(20)6-7-25(21)37-26/h3-7,10-13,19,37H,8-9,14-16,34H2,1-2H3. The molecule has 9 nitrogen and oxygen atoms in total. The minimum Gasteiger partial charge on any atom is -0.433 e. The van der Waals surface area contributed by atoms with Gasteiger partial charge in [-0.15, -0.1) is 0 Å². The van der Waals surface area contributed by atoms with Gasteiger partial charge in [0.25, 0.3) is 0 Å². The molecule has 0 unspecified atom stereocenters. The maximum Gasteiger partial charge on any atom is 0.219 e. The molecule has 11 heteroatoms. The van der Waals surface area contributed by atoms with Crippen LogP contribution < -0.4 is 10.5 Å². The Morgan fingerprint density at radius 1 is 1.12 bits per heavy atom. The van der Waals surface area contributed by atoms with Crippen molar-refractivity contribution in [1.29, 1.82) is 0 Å². The first-order valence-electron chi connectivity index (χ1n) is 13.8. The minimum absolute atomic E-state index is 0.00632. The zero-order valence-corrected chi connectivity index (χ0v) is 23.2. The van der Waals surface area contributed by atoms with Crippen LogP contribution >= 0.6 is 0 Å². The Morgan fingerprint density at radius 3 is 2.64 bits per heavy atom. The molecule has 5 aromatic rings. The van der Waals surface area contributed by atoms with Crippen molar-refractivity contribution in [3.05, 3.63) is 94.4 Å². The molecule has 2 aromatic carbocycles. The monoisotopic (exact) mass is 569 g/mol. The number of carbonyl (C=O) groups is 1. The molecule has 3 aromatic heterocycles. The number of nitrogens with two attached hydrogens (primary N) is 1. The number of ether oxygens (including phenoxy) is 1. The average molecular weight is 570 g/mol. The predicted molar refractivity (Wildman–Crippen MR) is 154 cm³/mol. The third-order valence-corrected chi connectivity index (χ3v) is 8.30. The number of likely N-dealkylation sites (N-methyl/N-ethyl adjacent to an activating group) is 1. The molecule has 0 saturated carbocycles. The number of nitrogens with one attached hydrogen (secondary N) is 1. The van der Waals surface area contributed by atoms with E-state index in [0.717, 1.165) is 55.6 Å². The van der Waals surface area contributed by atoms with Crippen LogP contribution in [0.2, 0.25) is 0 Å². The first-order chi connectivity index (χ1) is 20.3. The lowest BCUT2D eigenvalue weighted by Crippen LogP contribution is -2.58. The predicted octanol–water partition coefficient (Wildman–Crippen LogP) is 4.61. The van der Waals surface area contributed by atoms with Crippen molar-refractivity contribution in [2.24, 2.45) is 0 Å². The molecule has 0 atom stereocenters. The molecule has 0 aliphatic carbocycles. The Kier molecular flexibility index (Phi) is 6.28. The van der Waals surface area contributed by atoms with Crippen molar-refractivity contribution in [3.8, 4) is 17.3 Å². The summed E-state index contributed by atoms with van der Waals surface area (Å²) < 4.78 is 34.8. The molecule has 2 aliphatic rings. The fourth-order valence-corrected chi connectivity index (χ4v) is 5.99. The lowest BCUT2D eigenvalue weighted by molar-refractivity contribution is 0.0436. The highest BCUT2D eigenvalue weighted by atomic mass is 19.1. The summed E-state index contributed by atoms with van der Waals surface area (Å²) in [5.74, 6) is -2.31. The number of para-hydroxylation sites is 1. The number of fused-ring (bicyclic) bond motifs is 3. The molecule has 0 amide bonds. The van der Waals surface area contributed by atoms with Gasteiger partial charge < -0.3 is 20.4 Å². The van der Waals surface area contributed by atoms with Crippen LogP contribution in [0.25, 0.3) is 16.6 Å². The van der Waals surface area contributed by atoms with Crippen LogP contribution in [-0.2, 0) is 13.0 Å². The number of halogens is 2. The Bertz CT molecular complexity index is 1840. The van der Waals surface area contributed by atoms with Gasteiger partial charge in [0.15, 0.2) is 11.6 Å². The lowest BCUT2D eigenvalue weighted by Gasteiger charge is -2.45. The van der Waals surface area contributed by atoms with Gasteiger partial charge in [-0.3, -0.25) is 9.69 Å². The largest absolute Gasteiger partial charge is 0.433 e. The number of nitrogen functional groups attached to an aromatic ring is 1. The highest BCUT2D eigenvalue weighted by Crippen LogP contribution is 2.32. The van der Waals surface area contributed by atoms with Crippen LogP contribution in [0, 0.1) is 18.6 Å². The number of hydrogen-bond acceptors (Lipinski definition) is 7. The highest BCUT2D eigenvalue weighted by molar-refractivity contribution is 6.12. The normalized spacial score (nSPS) is 16.0. The smallest absolute Gasteiger partial charge is 0.219 e. The number of aryl methyl sites for hydroxylation is 1. The number of likely N-dealkylation sites (tertiary alicyclic amines) is 1. The number of benzene rings is 2. The fraction of sp³-hybridized carbons (Fsp3) is 0.258. The number of anilines is 1. The van der Waals surface area contributed by atoms with Gasteiger partial charge in [-0.1, -0.05) is 12.1 Å². The summed E-state index contributed by atoms with van der Waals surface area (Å²) >= 11 is 0. The summed E-state index contributed by atoms with van der Waals surface area (Å²) in [6.45, 7) is 5.90. The number of hydrogen-bond donors (Lipinski definition) is 2. The van der Waals surface area contributed by atoms with Crippen molar-refractivity contribution in [2.45, 2.75) is 25.9 Å². The number of aromatic nitrogens is 4. The number of rotatable bonds is 6. The van der Waals surface area contributed by atoms with Gasteiger partial charge in [-0.05, 0) is 61.3 Å². The van der Waals surface area contributed by atoms with Crippen molar-refractivity contribution in [1.82, 2.24) is 29.5 Å². The Balaban J connectivity index is 1.13. The van der Waals surface area contributed by atoms with Crippen LogP contribution in [0.15, 0.2) is 54.9 Å². The molecule has 1 fully saturated rings. The Hall–Kier alpha value is -4.61. The lowest BCUT2D eigenvalue weighted by atomic mass is 9.94. The van der Waals surface area contributed by atoms with E-state index >= 15 is 0 Å². The molecular weight excluding hydrogens is 540 g/mol. The van der Waals surface area contributed by atoms with E-state index < -0.39 is 17.4 Å². The summed E-state index contributed by atoms with van der Waals surface area (Å²) in [6, 6.07) is 11.7. The summed E-state index contributed by atoms with van der Waals surface area (Å²) in [5.41, 5.74) is 11.8. The molecule has 5 heterocycles. The maximum absolute atomic E-state index is 14.0. The van der Waals surface area contributed by atoms with Gasteiger partial charge in [0, 0.05) is 49.2 Å². The van der Waals surface area contributed by atoms with E-state index in [1.807, 2.05) is 12.1 Å². The SMILES string of the molecule is Cc1cc(Oc2c(F)cccc2F)ncc1-n1ncc(C(=O)c2cc3c4c(ccc3[nH]2)CN(C2CN(C)C2)CC4)c1N. The summed E-state index contributed by atoms with van der Waals surface area (Å²) in [6.07, 6.45) is 3.81. The van der Waals surface area contributed by atoms with Crippen molar-refractivity contribution in [3.63, 3.8) is 0 Å². The molecule has 0 spiro atoms. The van der Waals surface area contributed by atoms with Crippen molar-refractivity contribution < 1.29 is 18.3 Å². The van der Waals surface area contributed by atoms with Gasteiger partial charge in [-0.2, -0.15) is 5.10 Å². The van der Waals surface area contributed by atoms with Crippen LogP contribution in [0.1, 0.15) is 32.7 Å². The third-order valence-electron chi connectivity index (χ3n) is 8.30. The van der Waals surface area contributed by atoms with E-state index in [-0.39, 0.29) is 23.0 Å². The number of H-pyrrole nitrogens is 1. The number of aromatic amines is 1. The summed E-state index contributed by atoms with van der Waals surface area (Å²) in [7, 11) is 2.15. The van der Waals surface area contributed by atoms with Gasteiger partial charge in [0.05, 0.1) is 29.3 Å². The zero-order chi connectivity index (χ0) is 29.1. The molecule has 3 N–H and O–H groups in total. The molecule has 0 radical (unpaired) electrons. The second kappa shape index (κ2) is 10.0. The Labute approximate surface area is 240 Å².